The van der Waals surface area contributed by atoms with Crippen LogP contribution in [0.3, 0.4) is 0 Å². The van der Waals surface area contributed by atoms with Gasteiger partial charge in [0.1, 0.15) is 25.2 Å². The SMILES string of the molecule is CCC1(CC)C(/C=C/C2=C(Cl)C(=C/C=C3/N(CCC(=O)O)c4ccc5cc(C)c[c-]c5c4C3(CC)CC)/OC=C2)=[N+](CCC(=O)O)c2ccc3cc(C)c[c-]c3c21.CCC1(CC)C(C)=[N+](CCC(=O)O)c2ccc3cc(C)c[c-]c3c21.O=C1CC=COC1.O=CC1=C(Cl)/C(=C/O)C=CO1.[CH3-].[CH3-].[Y].[Y].[Y]. The van der Waals surface area contributed by atoms with Crippen molar-refractivity contribution in [2.24, 2.45) is 0 Å². The Bertz CT molecular complexity index is 4580. The van der Waals surface area contributed by atoms with Gasteiger partial charge in [0, 0.05) is 157 Å². The van der Waals surface area contributed by atoms with Crippen molar-refractivity contribution < 1.29 is 166 Å². The molecule has 0 unspecified atom stereocenters. The first-order valence-electron chi connectivity index (χ1n) is 33.8. The third-order valence-electron chi connectivity index (χ3n) is 20.0. The number of ketones is 1. The second kappa shape index (κ2) is 40.1. The number of benzene rings is 6. The maximum absolute atomic E-state index is 11.9. The van der Waals surface area contributed by atoms with Gasteiger partial charge in [-0.25, -0.2) is 9.15 Å². The molecule has 4 N–H and O–H groups in total. The van der Waals surface area contributed by atoms with Crippen LogP contribution in [-0.4, -0.2) is 97.2 Å². The molecular formula is C84H92Cl2N3O12Y3-3. The molecule has 6 aliphatic heterocycles. The van der Waals surface area contributed by atoms with Crippen LogP contribution >= 0.6 is 23.2 Å². The molecule has 3 radical (unpaired) electrons. The molecule has 6 aliphatic rings. The Morgan fingerprint density at radius 3 is 1.57 bits per heavy atom. The molecule has 12 rings (SSSR count). The third-order valence-corrected chi connectivity index (χ3v) is 20.8. The van der Waals surface area contributed by atoms with Gasteiger partial charge in [0.05, 0.1) is 46.9 Å². The van der Waals surface area contributed by atoms with Crippen LogP contribution in [0, 0.1) is 53.8 Å². The van der Waals surface area contributed by atoms with Crippen LogP contribution in [0.1, 0.15) is 146 Å². The first-order valence-corrected chi connectivity index (χ1v) is 34.5. The molecule has 6 heterocycles. The molecule has 0 fully saturated rings. The van der Waals surface area contributed by atoms with E-state index in [1.165, 1.54) is 51.1 Å². The van der Waals surface area contributed by atoms with E-state index in [1.54, 1.807) is 18.6 Å². The second-order valence-corrected chi connectivity index (χ2v) is 26.1. The summed E-state index contributed by atoms with van der Waals surface area (Å²) in [4.78, 5) is 57.6. The van der Waals surface area contributed by atoms with Crippen LogP contribution in [0.15, 0.2) is 179 Å². The van der Waals surface area contributed by atoms with Crippen molar-refractivity contribution in [1.82, 2.24) is 0 Å². The fourth-order valence-corrected chi connectivity index (χ4v) is 15.3. The second-order valence-electron chi connectivity index (χ2n) is 25.4. The van der Waals surface area contributed by atoms with Gasteiger partial charge >= 0.3 is 17.9 Å². The number of allylic oxidation sites excluding steroid dienone is 13. The van der Waals surface area contributed by atoms with Crippen molar-refractivity contribution in [3.8, 4) is 0 Å². The number of halogens is 2. The largest absolute Gasteiger partial charge is 0.515 e. The van der Waals surface area contributed by atoms with Crippen LogP contribution in [0.4, 0.5) is 17.1 Å². The number of Topliss-reactive ketones (excluding diaryl/α,β-unsaturated/α-hetero) is 1. The molecule has 0 amide bonds. The number of carbonyl (C=O) groups excluding carboxylic acids is 2. The summed E-state index contributed by atoms with van der Waals surface area (Å²) in [6.07, 6.45) is 24.7. The van der Waals surface area contributed by atoms with Gasteiger partial charge < -0.3 is 54.4 Å². The molecule has 20 heteroatoms. The van der Waals surface area contributed by atoms with E-state index in [-0.39, 0.29) is 166 Å². The molecule has 0 bridgehead atoms. The summed E-state index contributed by atoms with van der Waals surface area (Å²) in [5.41, 5.74) is 14.0. The van der Waals surface area contributed by atoms with Crippen molar-refractivity contribution in [2.75, 3.05) is 31.1 Å². The zero-order valence-corrected chi connectivity index (χ0v) is 71.7. The summed E-state index contributed by atoms with van der Waals surface area (Å²) < 4.78 is 19.8. The number of carbonyl (C=O) groups is 5. The molecule has 0 aromatic heterocycles. The van der Waals surface area contributed by atoms with Gasteiger partial charge in [-0.15, -0.1) is 104 Å². The molecule has 0 atom stereocenters. The number of aryl methyl sites for hydroxylation is 3. The van der Waals surface area contributed by atoms with E-state index >= 15 is 0 Å². The number of nitrogens with zero attached hydrogens (tertiary/aromatic N) is 3. The van der Waals surface area contributed by atoms with Crippen LogP contribution in [0.2, 0.25) is 0 Å². The van der Waals surface area contributed by atoms with Crippen molar-refractivity contribution in [2.45, 2.75) is 150 Å². The molecule has 15 nitrogen and oxygen atoms in total. The van der Waals surface area contributed by atoms with E-state index in [2.05, 4.69) is 167 Å². The topological polar surface area (TPSA) is 203 Å². The summed E-state index contributed by atoms with van der Waals surface area (Å²) in [5, 5.41) is 44.5. The summed E-state index contributed by atoms with van der Waals surface area (Å²) in [6, 6.07) is 36.0. The molecule has 0 aliphatic carbocycles. The average molecular weight is 1670 g/mol. The van der Waals surface area contributed by atoms with Crippen LogP contribution in [-0.2, 0) is 153 Å². The minimum absolute atomic E-state index is 0. The Kier molecular flexibility index (Phi) is 34.7. The fourth-order valence-electron chi connectivity index (χ4n) is 14.9. The Balaban J connectivity index is 0.000000397. The molecule has 6 aromatic rings. The number of ether oxygens (including phenoxy) is 3. The number of aliphatic carboxylic acids is 3. The summed E-state index contributed by atoms with van der Waals surface area (Å²) in [6.45, 7) is 23.0. The molecule has 0 saturated heterocycles. The first kappa shape index (κ1) is 90.1. The summed E-state index contributed by atoms with van der Waals surface area (Å²) in [7, 11) is 0. The molecule has 6 aromatic carbocycles. The Morgan fingerprint density at radius 1 is 0.606 bits per heavy atom. The van der Waals surface area contributed by atoms with E-state index in [0.29, 0.717) is 48.7 Å². The van der Waals surface area contributed by atoms with Gasteiger partial charge in [0.15, 0.2) is 53.7 Å². The van der Waals surface area contributed by atoms with Gasteiger partial charge in [-0.1, -0.05) is 115 Å². The Morgan fingerprint density at radius 2 is 1.10 bits per heavy atom. The fraction of sp³-hybridized carbons (Fsp3) is 0.321. The number of anilines is 1. The van der Waals surface area contributed by atoms with E-state index in [0.717, 1.165) is 112 Å². The number of carboxylic acid groups (broad SMARTS) is 3. The van der Waals surface area contributed by atoms with E-state index in [1.807, 2.05) is 42.5 Å². The standard InChI is InChI=1S/C49H50ClN2O5.C21H25NO2.C7H5ClO3.C5H6O2.2CH3.3Y/c1-7-48(8-2)41(51(26-23-43(53)54)38-18-13-34-29-31(5)11-16-36(34)45(38)48)21-15-33-25-28-57-40(47(33)50)20-22-42-49(9-3,10-4)46-37-17-12-32(6)30-35(37)14-19-39(46)52(42)27-24-44(55)56;1-5-21(6-2)15(4)22(12-11-19(23)24)18-10-8-16-13-14(3)7-9-17(16)20(18)21;8-7-5(3-9)1-2-11-6(7)4-10;6-5-2-1-3-7-4-5;;;;;/h11-15,18-22,25,28-30H,7-10,23-24,26-27H2,1-6H3,(H,53,54)(H,55,56);7-8,10,13H,5-6,11-12H2,1-4H3,(H,23,24);1-4,9H;1,3H,2,4H2;2*1H3;;;/q-1;;;;2*-1;;;/b;;5-3+;;;;;;. The van der Waals surface area contributed by atoms with Crippen LogP contribution in [0.25, 0.3) is 32.3 Å². The molecule has 104 heavy (non-hydrogen) atoms. The van der Waals surface area contributed by atoms with Gasteiger partial charge in [-0.3, -0.25) is 24.0 Å². The van der Waals surface area contributed by atoms with Crippen molar-refractivity contribution >= 4 is 114 Å². The van der Waals surface area contributed by atoms with Crippen LogP contribution in [0.5, 0.6) is 0 Å². The molecular weight excluding hydrogens is 1580 g/mol. The number of aliphatic hydroxyl groups is 1. The number of hydrogen-bond donors (Lipinski definition) is 4. The number of aldehydes is 1. The summed E-state index contributed by atoms with van der Waals surface area (Å²) in [5.74, 6) is -1.81. The Hall–Kier alpha value is -6.26. The minimum Gasteiger partial charge on any atom is -0.515 e. The molecule has 541 valence electrons. The van der Waals surface area contributed by atoms with E-state index < -0.39 is 23.3 Å². The van der Waals surface area contributed by atoms with Crippen molar-refractivity contribution in [1.29, 1.82) is 0 Å². The van der Waals surface area contributed by atoms with Crippen LogP contribution < -0.4 is 4.90 Å². The van der Waals surface area contributed by atoms with E-state index in [4.69, 9.17) is 42.9 Å². The zero-order chi connectivity index (χ0) is 71.5. The summed E-state index contributed by atoms with van der Waals surface area (Å²) >= 11 is 12.8. The predicted molar refractivity (Wildman–Crippen MR) is 405 cm³/mol. The minimum atomic E-state index is -0.854. The maximum Gasteiger partial charge on any atom is 0.309 e. The van der Waals surface area contributed by atoms with Gasteiger partial charge in [-0.2, -0.15) is 0 Å². The normalized spacial score (nSPS) is 17.2. The number of fused-ring (bicyclic) bond motifs is 9. The zero-order valence-electron chi connectivity index (χ0n) is 61.6. The van der Waals surface area contributed by atoms with Gasteiger partial charge in [-0.05, 0) is 98.2 Å². The van der Waals surface area contributed by atoms with E-state index in [9.17, 15) is 34.2 Å². The number of hydrogen-bond acceptors (Lipinski definition) is 10. The van der Waals surface area contributed by atoms with Crippen molar-refractivity contribution in [3.63, 3.8) is 0 Å². The number of rotatable bonds is 19. The Labute approximate surface area is 698 Å². The predicted octanol–water partition coefficient (Wildman–Crippen LogP) is 18.9. The van der Waals surface area contributed by atoms with Crippen molar-refractivity contribution in [3.05, 3.63) is 245 Å². The van der Waals surface area contributed by atoms with Gasteiger partial charge in [0.2, 0.25) is 0 Å². The third kappa shape index (κ3) is 18.6. The quantitative estimate of drug-likeness (QED) is 0.0258. The smallest absolute Gasteiger partial charge is 0.309 e. The molecule has 0 spiro atoms. The first-order chi connectivity index (χ1) is 47.5. The molecule has 0 saturated carbocycles. The maximum atomic E-state index is 11.9. The number of aliphatic hydroxyl groups excluding tert-OH is 1. The average Bonchev–Trinajstić information content (AvgIpc) is 1.74. The monoisotopic (exact) mass is 1670 g/mol. The number of carboxylic acids is 3. The van der Waals surface area contributed by atoms with Gasteiger partial charge in [0.25, 0.3) is 0 Å².